The van der Waals surface area contributed by atoms with Crippen molar-refractivity contribution in [3.63, 3.8) is 0 Å². The van der Waals surface area contributed by atoms with Crippen LogP contribution in [0.25, 0.3) is 0 Å². The first-order chi connectivity index (χ1) is 4.36. The first-order valence-corrected chi connectivity index (χ1v) is 3.32. The van der Waals surface area contributed by atoms with Gasteiger partial charge in [-0.2, -0.15) is 0 Å². The van der Waals surface area contributed by atoms with E-state index in [9.17, 15) is 4.79 Å². The third kappa shape index (κ3) is 0.721. The van der Waals surface area contributed by atoms with Crippen LogP contribution in [0.1, 0.15) is 19.3 Å². The lowest BCUT2D eigenvalue weighted by molar-refractivity contribution is -0.161. The molecule has 2 unspecified atom stereocenters. The van der Waals surface area contributed by atoms with Crippen molar-refractivity contribution in [3.8, 4) is 0 Å². The molecule has 9 heavy (non-hydrogen) atoms. The summed E-state index contributed by atoms with van der Waals surface area (Å²) in [4.78, 5) is 15.4. The summed E-state index contributed by atoms with van der Waals surface area (Å²) in [7, 11) is 0. The molecule has 2 aliphatic rings. The molecule has 0 spiro atoms. The maximum Gasteiger partial charge on any atom is 0.327 e. The molecule has 0 radical (unpaired) electrons. The second kappa shape index (κ2) is 1.70. The molecule has 1 aliphatic heterocycles. The average Bonchev–Trinajstić information content (AvgIpc) is 2.25. The zero-order valence-electron chi connectivity index (χ0n) is 5.09. The summed E-state index contributed by atoms with van der Waals surface area (Å²) in [6, 6.07) is 0.452. The first-order valence-electron chi connectivity index (χ1n) is 3.32. The Balaban J connectivity index is 2.14. The molecule has 0 aromatic heterocycles. The van der Waals surface area contributed by atoms with E-state index in [1.165, 1.54) is 0 Å². The van der Waals surface area contributed by atoms with Gasteiger partial charge in [-0.3, -0.25) is 4.79 Å². The van der Waals surface area contributed by atoms with Gasteiger partial charge in [0.2, 0.25) is 0 Å². The highest BCUT2D eigenvalue weighted by Crippen LogP contribution is 2.29. The summed E-state index contributed by atoms with van der Waals surface area (Å²) >= 11 is 0. The fourth-order valence-electron chi connectivity index (χ4n) is 1.53. The van der Waals surface area contributed by atoms with Crippen molar-refractivity contribution in [3.05, 3.63) is 0 Å². The zero-order chi connectivity index (χ0) is 6.27. The molecule has 0 aromatic carbocycles. The van der Waals surface area contributed by atoms with Crippen LogP contribution in [0, 0.1) is 5.92 Å². The highest BCUT2D eigenvalue weighted by atomic mass is 16.7. The van der Waals surface area contributed by atoms with Crippen molar-refractivity contribution < 1.29 is 9.63 Å². The molecule has 1 aliphatic carbocycles. The molecule has 0 aromatic rings. The minimum absolute atomic E-state index is 0.0660. The quantitative estimate of drug-likeness (QED) is 0.505. The first kappa shape index (κ1) is 5.23. The Morgan fingerprint density at radius 2 is 2.44 bits per heavy atom. The summed E-state index contributed by atoms with van der Waals surface area (Å²) in [5.41, 5.74) is 2.71. The minimum Gasteiger partial charge on any atom is -0.370 e. The standard InChI is InChI=1S/C6H9NO2/c8-6-4-1-2-5(3-4)7-9-6/h4-5,7H,1-3H2. The van der Waals surface area contributed by atoms with Crippen LogP contribution >= 0.6 is 0 Å². The highest BCUT2D eigenvalue weighted by Gasteiger charge is 2.36. The van der Waals surface area contributed by atoms with Gasteiger partial charge in [0.05, 0.1) is 5.92 Å². The van der Waals surface area contributed by atoms with Gasteiger partial charge in [0.25, 0.3) is 0 Å². The SMILES string of the molecule is O=C1ONC2CCC1C2. The smallest absolute Gasteiger partial charge is 0.327 e. The van der Waals surface area contributed by atoms with Crippen LogP contribution in [0.15, 0.2) is 0 Å². The Hall–Kier alpha value is -0.570. The van der Waals surface area contributed by atoms with Crippen molar-refractivity contribution in [2.24, 2.45) is 5.92 Å². The minimum atomic E-state index is -0.0660. The van der Waals surface area contributed by atoms with Gasteiger partial charge < -0.3 is 4.84 Å². The maximum absolute atomic E-state index is 10.8. The Bertz CT molecular complexity index is 146. The monoisotopic (exact) mass is 127 g/mol. The Morgan fingerprint density at radius 1 is 1.56 bits per heavy atom. The van der Waals surface area contributed by atoms with Crippen LogP contribution in [0.3, 0.4) is 0 Å². The number of hydrogen-bond acceptors (Lipinski definition) is 3. The Kier molecular flexibility index (Phi) is 0.990. The summed E-state index contributed by atoms with van der Waals surface area (Å²) in [5, 5.41) is 0. The molecule has 3 heteroatoms. The van der Waals surface area contributed by atoms with E-state index in [-0.39, 0.29) is 11.9 Å². The molecule has 2 bridgehead atoms. The average molecular weight is 127 g/mol. The number of hydroxylamine groups is 1. The van der Waals surface area contributed by atoms with Crippen LogP contribution in [-0.2, 0) is 9.63 Å². The molecule has 0 amide bonds. The van der Waals surface area contributed by atoms with Crippen molar-refractivity contribution in [1.29, 1.82) is 0 Å². The van der Waals surface area contributed by atoms with Crippen molar-refractivity contribution in [2.75, 3.05) is 0 Å². The van der Waals surface area contributed by atoms with E-state index >= 15 is 0 Å². The van der Waals surface area contributed by atoms with Gasteiger partial charge >= 0.3 is 5.97 Å². The van der Waals surface area contributed by atoms with E-state index in [2.05, 4.69) is 10.3 Å². The molecular formula is C6H9NO2. The van der Waals surface area contributed by atoms with Crippen LogP contribution in [0.2, 0.25) is 0 Å². The van der Waals surface area contributed by atoms with Gasteiger partial charge in [0, 0.05) is 6.04 Å². The lowest BCUT2D eigenvalue weighted by Gasteiger charge is -2.18. The van der Waals surface area contributed by atoms with Gasteiger partial charge in [0.1, 0.15) is 0 Å². The van der Waals surface area contributed by atoms with E-state index in [1.807, 2.05) is 0 Å². The highest BCUT2D eigenvalue weighted by molar-refractivity contribution is 5.73. The second-order valence-corrected chi connectivity index (χ2v) is 2.75. The zero-order valence-corrected chi connectivity index (χ0v) is 5.09. The van der Waals surface area contributed by atoms with E-state index < -0.39 is 0 Å². The second-order valence-electron chi connectivity index (χ2n) is 2.75. The molecule has 2 fully saturated rings. The fraction of sp³-hybridized carbons (Fsp3) is 0.833. The molecule has 3 nitrogen and oxygen atoms in total. The van der Waals surface area contributed by atoms with E-state index in [1.54, 1.807) is 0 Å². The number of fused-ring (bicyclic) bond motifs is 2. The number of carbonyl (C=O) groups excluding carboxylic acids is 1. The molecule has 1 saturated carbocycles. The van der Waals surface area contributed by atoms with Gasteiger partial charge in [-0.05, 0) is 19.3 Å². The Morgan fingerprint density at radius 3 is 3.22 bits per heavy atom. The number of nitrogens with one attached hydrogen (secondary N) is 1. The molecule has 1 N–H and O–H groups in total. The summed E-state index contributed by atoms with van der Waals surface area (Å²) < 4.78 is 0. The molecule has 2 rings (SSSR count). The summed E-state index contributed by atoms with van der Waals surface area (Å²) in [5.74, 6) is 0.139. The van der Waals surface area contributed by atoms with Crippen LogP contribution < -0.4 is 5.48 Å². The Labute approximate surface area is 53.3 Å². The van der Waals surface area contributed by atoms with E-state index in [4.69, 9.17) is 0 Å². The van der Waals surface area contributed by atoms with Gasteiger partial charge in [0.15, 0.2) is 0 Å². The molecular weight excluding hydrogens is 118 g/mol. The predicted molar refractivity (Wildman–Crippen MR) is 30.4 cm³/mol. The van der Waals surface area contributed by atoms with Gasteiger partial charge in [-0.15, -0.1) is 5.48 Å². The van der Waals surface area contributed by atoms with Gasteiger partial charge in [-0.25, -0.2) is 0 Å². The lowest BCUT2D eigenvalue weighted by Crippen LogP contribution is -2.36. The van der Waals surface area contributed by atoms with Crippen molar-refractivity contribution >= 4 is 5.97 Å². The predicted octanol–water partition coefficient (Wildman–Crippen LogP) is 0.216. The normalized spacial score (nSPS) is 40.7. The lowest BCUT2D eigenvalue weighted by atomic mass is 10.1. The number of rotatable bonds is 0. The van der Waals surface area contributed by atoms with Crippen LogP contribution in [0.4, 0.5) is 0 Å². The van der Waals surface area contributed by atoms with Crippen molar-refractivity contribution in [2.45, 2.75) is 25.3 Å². The van der Waals surface area contributed by atoms with Gasteiger partial charge in [-0.1, -0.05) is 0 Å². The largest absolute Gasteiger partial charge is 0.370 e. The summed E-state index contributed by atoms with van der Waals surface area (Å²) in [6.07, 6.45) is 3.09. The van der Waals surface area contributed by atoms with E-state index in [0.29, 0.717) is 6.04 Å². The third-order valence-corrected chi connectivity index (χ3v) is 2.09. The summed E-state index contributed by atoms with van der Waals surface area (Å²) in [6.45, 7) is 0. The van der Waals surface area contributed by atoms with Crippen LogP contribution in [-0.4, -0.2) is 12.0 Å². The van der Waals surface area contributed by atoms with Crippen molar-refractivity contribution in [1.82, 2.24) is 5.48 Å². The maximum atomic E-state index is 10.8. The third-order valence-electron chi connectivity index (χ3n) is 2.09. The number of carbonyl (C=O) groups is 1. The molecule has 1 saturated heterocycles. The van der Waals surface area contributed by atoms with E-state index in [0.717, 1.165) is 19.3 Å². The molecule has 2 atom stereocenters. The fourth-order valence-corrected chi connectivity index (χ4v) is 1.53. The topological polar surface area (TPSA) is 38.3 Å². The number of hydrogen-bond donors (Lipinski definition) is 1. The van der Waals surface area contributed by atoms with Crippen LogP contribution in [0.5, 0.6) is 0 Å². The molecule has 50 valence electrons. The molecule has 1 heterocycles.